The average molecular weight is 431 g/mol. The van der Waals surface area contributed by atoms with Gasteiger partial charge in [0.05, 0.1) is 5.52 Å². The number of carbonyl (C=O) groups is 2. The van der Waals surface area contributed by atoms with Crippen LogP contribution >= 0.6 is 0 Å². The van der Waals surface area contributed by atoms with Crippen LogP contribution in [-0.2, 0) is 11.2 Å². The van der Waals surface area contributed by atoms with E-state index in [1.165, 1.54) is 0 Å². The van der Waals surface area contributed by atoms with Crippen LogP contribution in [-0.4, -0.2) is 40.5 Å². The van der Waals surface area contributed by atoms with E-state index in [0.717, 1.165) is 39.2 Å². The summed E-state index contributed by atoms with van der Waals surface area (Å²) >= 11 is 0. The second kappa shape index (κ2) is 8.66. The SMILES string of the molecule is Cc1nc2c3ccccc3nn2c(C)c1CCC(=O)NNC(=O)c1cccc(N(C)C)c1. The fourth-order valence-corrected chi connectivity index (χ4v) is 3.76. The third-order valence-corrected chi connectivity index (χ3v) is 5.56. The highest BCUT2D eigenvalue weighted by atomic mass is 16.2. The Morgan fingerprint density at radius 2 is 1.81 bits per heavy atom. The number of hydrazine groups is 1. The van der Waals surface area contributed by atoms with Gasteiger partial charge in [-0.25, -0.2) is 9.50 Å². The van der Waals surface area contributed by atoms with Crippen LogP contribution in [0, 0.1) is 13.8 Å². The van der Waals surface area contributed by atoms with Crippen LogP contribution < -0.4 is 15.8 Å². The summed E-state index contributed by atoms with van der Waals surface area (Å²) in [6.45, 7) is 3.93. The zero-order valence-corrected chi connectivity index (χ0v) is 18.6. The van der Waals surface area contributed by atoms with Crippen LogP contribution in [0.25, 0.3) is 16.6 Å². The van der Waals surface area contributed by atoms with E-state index in [1.54, 1.807) is 18.2 Å². The third kappa shape index (κ3) is 4.12. The molecule has 0 fully saturated rings. The van der Waals surface area contributed by atoms with Crippen LogP contribution in [0.1, 0.15) is 33.7 Å². The van der Waals surface area contributed by atoms with Crippen molar-refractivity contribution in [3.63, 3.8) is 0 Å². The van der Waals surface area contributed by atoms with Gasteiger partial charge in [-0.2, -0.15) is 5.10 Å². The van der Waals surface area contributed by atoms with Gasteiger partial charge in [-0.1, -0.05) is 18.2 Å². The molecule has 8 nitrogen and oxygen atoms in total. The summed E-state index contributed by atoms with van der Waals surface area (Å²) in [6.07, 6.45) is 0.711. The molecule has 0 radical (unpaired) electrons. The van der Waals surface area contributed by atoms with Gasteiger partial charge in [0, 0.05) is 48.5 Å². The maximum absolute atomic E-state index is 12.4. The van der Waals surface area contributed by atoms with Gasteiger partial charge in [0.2, 0.25) is 5.91 Å². The lowest BCUT2D eigenvalue weighted by atomic mass is 10.1. The van der Waals surface area contributed by atoms with Gasteiger partial charge in [-0.05, 0) is 56.2 Å². The highest BCUT2D eigenvalue weighted by molar-refractivity contribution is 5.96. The lowest BCUT2D eigenvalue weighted by Gasteiger charge is -2.14. The molecular formula is C24H26N6O2. The third-order valence-electron chi connectivity index (χ3n) is 5.56. The number of rotatable bonds is 5. The van der Waals surface area contributed by atoms with Crippen molar-refractivity contribution >= 4 is 34.1 Å². The molecule has 164 valence electrons. The molecule has 0 aliphatic heterocycles. The number of nitrogens with zero attached hydrogens (tertiary/aromatic N) is 4. The van der Waals surface area contributed by atoms with E-state index in [-0.39, 0.29) is 18.2 Å². The van der Waals surface area contributed by atoms with Crippen LogP contribution in [0.4, 0.5) is 5.69 Å². The molecule has 2 heterocycles. The largest absolute Gasteiger partial charge is 0.378 e. The van der Waals surface area contributed by atoms with Gasteiger partial charge in [-0.3, -0.25) is 20.4 Å². The summed E-state index contributed by atoms with van der Waals surface area (Å²) in [6, 6.07) is 15.1. The van der Waals surface area contributed by atoms with E-state index in [1.807, 2.05) is 67.7 Å². The fraction of sp³-hybridized carbons (Fsp3) is 0.250. The van der Waals surface area contributed by atoms with E-state index in [9.17, 15) is 9.59 Å². The van der Waals surface area contributed by atoms with E-state index in [2.05, 4.69) is 16.0 Å². The molecule has 2 aromatic heterocycles. The number of nitrogens with one attached hydrogen (secondary N) is 2. The molecule has 0 saturated heterocycles. The van der Waals surface area contributed by atoms with Gasteiger partial charge in [0.25, 0.3) is 5.91 Å². The highest BCUT2D eigenvalue weighted by Crippen LogP contribution is 2.22. The number of aromatic nitrogens is 3. The normalized spacial score (nSPS) is 11.0. The second-order valence-corrected chi connectivity index (χ2v) is 7.96. The summed E-state index contributed by atoms with van der Waals surface area (Å²) in [4.78, 5) is 31.4. The molecule has 0 bridgehead atoms. The highest BCUT2D eigenvalue weighted by Gasteiger charge is 2.15. The molecule has 4 aromatic rings. The van der Waals surface area contributed by atoms with Gasteiger partial charge in [-0.15, -0.1) is 0 Å². The van der Waals surface area contributed by atoms with Crippen molar-refractivity contribution in [1.82, 2.24) is 25.4 Å². The molecule has 2 N–H and O–H groups in total. The van der Waals surface area contributed by atoms with Gasteiger partial charge < -0.3 is 4.90 Å². The first-order chi connectivity index (χ1) is 15.3. The number of anilines is 1. The van der Waals surface area contributed by atoms with Crippen LogP contribution in [0.15, 0.2) is 48.5 Å². The van der Waals surface area contributed by atoms with Gasteiger partial charge in [0.1, 0.15) is 0 Å². The summed E-state index contributed by atoms with van der Waals surface area (Å²) in [7, 11) is 3.81. The molecule has 0 atom stereocenters. The standard InChI is InChI=1S/C24H26N6O2/c1-15-19(16(2)30-23(25-15)20-10-5-6-11-21(20)28-30)12-13-22(31)26-27-24(32)17-8-7-9-18(14-17)29(3)4/h5-11,14H,12-13H2,1-4H3,(H,26,31)(H,27,32). The van der Waals surface area contributed by atoms with Crippen molar-refractivity contribution in [1.29, 1.82) is 0 Å². The molecule has 2 aromatic carbocycles. The van der Waals surface area contributed by atoms with Crippen molar-refractivity contribution in [2.24, 2.45) is 0 Å². The first-order valence-electron chi connectivity index (χ1n) is 10.5. The van der Waals surface area contributed by atoms with Gasteiger partial charge in [0.15, 0.2) is 5.65 Å². The smallest absolute Gasteiger partial charge is 0.269 e. The van der Waals surface area contributed by atoms with E-state index < -0.39 is 0 Å². The molecule has 0 saturated carbocycles. The molecule has 0 aliphatic carbocycles. The van der Waals surface area contributed by atoms with E-state index >= 15 is 0 Å². The molecule has 8 heteroatoms. The number of amides is 2. The van der Waals surface area contributed by atoms with Crippen molar-refractivity contribution in [3.8, 4) is 0 Å². The minimum absolute atomic E-state index is 0.216. The van der Waals surface area contributed by atoms with E-state index in [0.29, 0.717) is 12.0 Å². The molecule has 4 rings (SSSR count). The van der Waals surface area contributed by atoms with Crippen LogP contribution in [0.2, 0.25) is 0 Å². The Kier molecular flexibility index (Phi) is 5.77. The Bertz CT molecular complexity index is 1330. The van der Waals surface area contributed by atoms with Gasteiger partial charge >= 0.3 is 0 Å². The Morgan fingerprint density at radius 3 is 2.59 bits per heavy atom. The number of benzene rings is 2. The number of hydrogen-bond donors (Lipinski definition) is 2. The quantitative estimate of drug-likeness (QED) is 0.475. The van der Waals surface area contributed by atoms with Crippen molar-refractivity contribution in [2.45, 2.75) is 26.7 Å². The van der Waals surface area contributed by atoms with Crippen LogP contribution in [0.3, 0.4) is 0 Å². The molecule has 0 spiro atoms. The number of fused-ring (bicyclic) bond motifs is 3. The van der Waals surface area contributed by atoms with Crippen LogP contribution in [0.5, 0.6) is 0 Å². The predicted molar refractivity (Wildman–Crippen MR) is 125 cm³/mol. The average Bonchev–Trinajstić information content (AvgIpc) is 3.16. The minimum atomic E-state index is -0.360. The summed E-state index contributed by atoms with van der Waals surface area (Å²) < 4.78 is 1.84. The van der Waals surface area contributed by atoms with Crippen molar-refractivity contribution in [2.75, 3.05) is 19.0 Å². The summed E-state index contributed by atoms with van der Waals surface area (Å²) in [5, 5.41) is 5.65. The summed E-state index contributed by atoms with van der Waals surface area (Å²) in [5.41, 5.74) is 10.9. The zero-order valence-electron chi connectivity index (χ0n) is 18.6. The van der Waals surface area contributed by atoms with Crippen molar-refractivity contribution in [3.05, 3.63) is 71.0 Å². The lowest BCUT2D eigenvalue weighted by Crippen LogP contribution is -2.41. The maximum Gasteiger partial charge on any atom is 0.269 e. The topological polar surface area (TPSA) is 91.6 Å². The second-order valence-electron chi connectivity index (χ2n) is 7.96. The number of aryl methyl sites for hydroxylation is 2. The Morgan fingerprint density at radius 1 is 1.03 bits per heavy atom. The maximum atomic E-state index is 12.4. The molecule has 0 unspecified atom stereocenters. The molecular weight excluding hydrogens is 404 g/mol. The number of carbonyl (C=O) groups excluding carboxylic acids is 2. The molecule has 2 amide bonds. The monoisotopic (exact) mass is 430 g/mol. The summed E-state index contributed by atoms with van der Waals surface area (Å²) in [5.74, 6) is -0.632. The zero-order chi connectivity index (χ0) is 22.8. The molecule has 0 aliphatic rings. The Balaban J connectivity index is 1.42. The minimum Gasteiger partial charge on any atom is -0.378 e. The lowest BCUT2D eigenvalue weighted by molar-refractivity contribution is -0.121. The van der Waals surface area contributed by atoms with E-state index in [4.69, 9.17) is 4.98 Å². The molecule has 32 heavy (non-hydrogen) atoms. The number of hydrogen-bond acceptors (Lipinski definition) is 5. The fourth-order valence-electron chi connectivity index (χ4n) is 3.76. The first kappa shape index (κ1) is 21.3. The van der Waals surface area contributed by atoms with Crippen molar-refractivity contribution < 1.29 is 9.59 Å². The predicted octanol–water partition coefficient (Wildman–Crippen LogP) is 2.96. The first-order valence-corrected chi connectivity index (χ1v) is 10.5. The Hall–Kier alpha value is -3.94. The Labute approximate surface area is 186 Å².